The van der Waals surface area contributed by atoms with Gasteiger partial charge in [-0.05, 0) is 12.1 Å². The van der Waals surface area contributed by atoms with Gasteiger partial charge >= 0.3 is 0 Å². The van der Waals surface area contributed by atoms with Gasteiger partial charge in [-0.1, -0.05) is 0 Å². The van der Waals surface area contributed by atoms with Gasteiger partial charge in [0.15, 0.2) is 0 Å². The first-order chi connectivity index (χ1) is 12.1. The highest BCUT2D eigenvalue weighted by Gasteiger charge is 2.14. The number of piperazine rings is 1. The molecule has 8 nitrogen and oxygen atoms in total. The van der Waals surface area contributed by atoms with E-state index in [1.54, 1.807) is 17.5 Å². The Morgan fingerprint density at radius 2 is 2.00 bits per heavy atom. The number of hydrogen-bond acceptors (Lipinski definition) is 7. The van der Waals surface area contributed by atoms with E-state index in [4.69, 9.17) is 0 Å². The van der Waals surface area contributed by atoms with E-state index in [2.05, 4.69) is 20.5 Å². The van der Waals surface area contributed by atoms with Crippen LogP contribution in [-0.4, -0.2) is 60.0 Å². The second-order valence-electron chi connectivity index (χ2n) is 5.69. The first-order valence-corrected chi connectivity index (χ1v) is 8.93. The predicted molar refractivity (Wildman–Crippen MR) is 103 cm³/mol. The minimum Gasteiger partial charge on any atom is -0.349 e. The highest BCUT2D eigenvalue weighted by atomic mass is 35.5. The van der Waals surface area contributed by atoms with E-state index in [0.717, 1.165) is 38.3 Å². The molecule has 3 rings (SSSR count). The number of amides is 1. The molecule has 0 atom stereocenters. The zero-order valence-electron chi connectivity index (χ0n) is 14.0. The molecule has 26 heavy (non-hydrogen) atoms. The van der Waals surface area contributed by atoms with Crippen molar-refractivity contribution >= 4 is 35.3 Å². The van der Waals surface area contributed by atoms with Crippen molar-refractivity contribution in [2.45, 2.75) is 0 Å². The van der Waals surface area contributed by atoms with Crippen LogP contribution in [0.15, 0.2) is 29.6 Å². The molecular weight excluding hydrogens is 378 g/mol. The summed E-state index contributed by atoms with van der Waals surface area (Å²) in [6.07, 6.45) is 0. The molecule has 2 aromatic rings. The van der Waals surface area contributed by atoms with E-state index >= 15 is 0 Å². The summed E-state index contributed by atoms with van der Waals surface area (Å²) >= 11 is 1.35. The quantitative estimate of drug-likeness (QED) is 0.569. The van der Waals surface area contributed by atoms with Gasteiger partial charge in [-0.3, -0.25) is 19.8 Å². The fraction of sp³-hybridized carbons (Fsp3) is 0.375. The molecule has 1 fully saturated rings. The number of carbonyl (C=O) groups excluding carboxylic acids is 1. The number of hydrogen-bond donors (Lipinski definition) is 2. The Balaban J connectivity index is 0.00000243. The molecule has 0 aliphatic carbocycles. The third-order valence-electron chi connectivity index (χ3n) is 3.99. The van der Waals surface area contributed by atoms with Crippen LogP contribution in [0.4, 0.5) is 5.69 Å². The first-order valence-electron chi connectivity index (χ1n) is 8.05. The van der Waals surface area contributed by atoms with Crippen molar-refractivity contribution in [2.75, 3.05) is 39.3 Å². The molecule has 1 aliphatic heterocycles. The number of nitrogens with one attached hydrogen (secondary N) is 2. The highest BCUT2D eigenvalue weighted by Crippen LogP contribution is 2.25. The molecule has 1 aliphatic rings. The minimum absolute atomic E-state index is 0. The summed E-state index contributed by atoms with van der Waals surface area (Å²) in [5.74, 6) is -0.195. The van der Waals surface area contributed by atoms with Crippen LogP contribution in [0.25, 0.3) is 10.6 Å². The smallest absolute Gasteiger partial charge is 0.270 e. The summed E-state index contributed by atoms with van der Waals surface area (Å²) in [7, 11) is 0. The maximum Gasteiger partial charge on any atom is 0.270 e. The third kappa shape index (κ3) is 5.21. The van der Waals surface area contributed by atoms with Crippen LogP contribution in [-0.2, 0) is 0 Å². The Kier molecular flexibility index (Phi) is 7.46. The monoisotopic (exact) mass is 397 g/mol. The van der Waals surface area contributed by atoms with Gasteiger partial charge < -0.3 is 10.6 Å². The molecule has 1 aromatic carbocycles. The van der Waals surface area contributed by atoms with Crippen molar-refractivity contribution < 1.29 is 9.72 Å². The second-order valence-corrected chi connectivity index (χ2v) is 6.55. The molecule has 0 radical (unpaired) electrons. The number of rotatable bonds is 6. The van der Waals surface area contributed by atoms with Gasteiger partial charge in [0, 0.05) is 62.3 Å². The molecule has 2 heterocycles. The largest absolute Gasteiger partial charge is 0.349 e. The average Bonchev–Trinajstić information content (AvgIpc) is 3.13. The van der Waals surface area contributed by atoms with Gasteiger partial charge in [0.1, 0.15) is 10.7 Å². The Labute approximate surface area is 161 Å². The Bertz CT molecular complexity index is 747. The van der Waals surface area contributed by atoms with Crippen molar-refractivity contribution in [2.24, 2.45) is 0 Å². The summed E-state index contributed by atoms with van der Waals surface area (Å²) in [6.45, 7) is 5.38. The van der Waals surface area contributed by atoms with Gasteiger partial charge in [0.05, 0.1) is 4.92 Å². The average molecular weight is 398 g/mol. The van der Waals surface area contributed by atoms with Crippen LogP contribution in [0.2, 0.25) is 0 Å². The summed E-state index contributed by atoms with van der Waals surface area (Å²) in [5.41, 5.74) is 1.17. The molecule has 0 unspecified atom stereocenters. The molecule has 1 aromatic heterocycles. The number of nitrogens with zero attached hydrogens (tertiary/aromatic N) is 3. The molecule has 1 amide bonds. The van der Waals surface area contributed by atoms with Crippen molar-refractivity contribution in [1.82, 2.24) is 20.5 Å². The van der Waals surface area contributed by atoms with Crippen LogP contribution < -0.4 is 10.6 Å². The second kappa shape index (κ2) is 9.58. The zero-order chi connectivity index (χ0) is 17.6. The number of aromatic nitrogens is 1. The maximum atomic E-state index is 12.2. The van der Waals surface area contributed by atoms with Crippen molar-refractivity contribution in [3.05, 3.63) is 45.5 Å². The number of benzene rings is 1. The predicted octanol–water partition coefficient (Wildman–Crippen LogP) is 1.78. The Morgan fingerprint density at radius 1 is 1.31 bits per heavy atom. The maximum absolute atomic E-state index is 12.2. The fourth-order valence-electron chi connectivity index (χ4n) is 2.59. The number of nitro groups is 1. The fourth-order valence-corrected chi connectivity index (χ4v) is 3.40. The molecule has 10 heteroatoms. The van der Waals surface area contributed by atoms with Crippen LogP contribution in [0, 0.1) is 10.1 Å². The topological polar surface area (TPSA) is 100 Å². The molecule has 0 bridgehead atoms. The SMILES string of the molecule is Cl.O=C(NCCN1CCNCC1)c1csc(-c2ccc([N+](=O)[O-])cc2)n1. The van der Waals surface area contributed by atoms with Crippen molar-refractivity contribution in [3.8, 4) is 10.6 Å². The number of carbonyl (C=O) groups is 1. The van der Waals surface area contributed by atoms with E-state index in [0.29, 0.717) is 17.2 Å². The van der Waals surface area contributed by atoms with Gasteiger partial charge in [0.2, 0.25) is 0 Å². The lowest BCUT2D eigenvalue weighted by molar-refractivity contribution is -0.384. The molecular formula is C16H20ClN5O3S. The van der Waals surface area contributed by atoms with Crippen molar-refractivity contribution in [3.63, 3.8) is 0 Å². The summed E-state index contributed by atoms with van der Waals surface area (Å²) in [5, 5.41) is 19.2. The number of non-ortho nitro benzene ring substituents is 1. The lowest BCUT2D eigenvalue weighted by Gasteiger charge is -2.26. The van der Waals surface area contributed by atoms with Gasteiger partial charge in [0.25, 0.3) is 11.6 Å². The van der Waals surface area contributed by atoms with Gasteiger partial charge in [-0.25, -0.2) is 4.98 Å². The standard InChI is InChI=1S/C16H19N5O3S.ClH/c22-15(18-7-10-20-8-5-17-6-9-20)14-11-25-16(19-14)12-1-3-13(4-2-12)21(23)24;/h1-4,11,17H,5-10H2,(H,18,22);1H. The van der Waals surface area contributed by atoms with Crippen LogP contribution in [0.1, 0.15) is 10.5 Å². The molecule has 2 N–H and O–H groups in total. The number of halogens is 1. The minimum atomic E-state index is -0.442. The van der Waals surface area contributed by atoms with E-state index in [1.807, 2.05) is 0 Å². The summed E-state index contributed by atoms with van der Waals surface area (Å²) in [6, 6.07) is 6.15. The normalized spacial score (nSPS) is 14.5. The lowest BCUT2D eigenvalue weighted by atomic mass is 10.2. The van der Waals surface area contributed by atoms with Gasteiger partial charge in [-0.15, -0.1) is 23.7 Å². The molecule has 140 valence electrons. The van der Waals surface area contributed by atoms with Crippen LogP contribution >= 0.6 is 23.7 Å². The molecule has 0 spiro atoms. The summed E-state index contributed by atoms with van der Waals surface area (Å²) < 4.78 is 0. The first kappa shape index (κ1) is 20.2. The highest BCUT2D eigenvalue weighted by molar-refractivity contribution is 7.13. The third-order valence-corrected chi connectivity index (χ3v) is 4.88. The van der Waals surface area contributed by atoms with E-state index < -0.39 is 4.92 Å². The van der Waals surface area contributed by atoms with E-state index in [1.165, 1.54) is 23.5 Å². The Hall–Kier alpha value is -2.07. The van der Waals surface area contributed by atoms with Crippen LogP contribution in [0.3, 0.4) is 0 Å². The molecule has 0 saturated carbocycles. The molecule has 1 saturated heterocycles. The van der Waals surface area contributed by atoms with Crippen LogP contribution in [0.5, 0.6) is 0 Å². The van der Waals surface area contributed by atoms with Gasteiger partial charge in [-0.2, -0.15) is 0 Å². The van der Waals surface area contributed by atoms with E-state index in [-0.39, 0.29) is 24.0 Å². The number of nitro benzene ring substituents is 1. The zero-order valence-corrected chi connectivity index (χ0v) is 15.6. The number of thiazole rings is 1. The van der Waals surface area contributed by atoms with E-state index in [9.17, 15) is 14.9 Å². The Morgan fingerprint density at radius 3 is 2.65 bits per heavy atom. The summed E-state index contributed by atoms with van der Waals surface area (Å²) in [4.78, 5) is 29.1. The van der Waals surface area contributed by atoms with Crippen molar-refractivity contribution in [1.29, 1.82) is 0 Å². The lowest BCUT2D eigenvalue weighted by Crippen LogP contribution is -2.46.